The Morgan fingerprint density at radius 2 is 1.79 bits per heavy atom. The Balaban J connectivity index is 1.30. The summed E-state index contributed by atoms with van der Waals surface area (Å²) in [4.78, 5) is 16.1. The molecule has 4 aromatic rings. The average Bonchev–Trinajstić information content (AvgIpc) is 2.95. The summed E-state index contributed by atoms with van der Waals surface area (Å²) in [6.45, 7) is 2.43. The lowest BCUT2D eigenvalue weighted by Crippen LogP contribution is -2.41. The first kappa shape index (κ1) is 27.8. The lowest BCUT2D eigenvalue weighted by molar-refractivity contribution is 0.0997. The number of pyridine rings is 1. The van der Waals surface area contributed by atoms with Crippen LogP contribution in [0.2, 0.25) is 0 Å². The summed E-state index contributed by atoms with van der Waals surface area (Å²) in [5.74, 6) is 1.99. The number of carbonyl (C=O) groups excluding carboxylic acids is 1. The second-order valence-corrected chi connectivity index (χ2v) is 8.90. The van der Waals surface area contributed by atoms with E-state index in [0.717, 1.165) is 10.9 Å². The number of aromatic nitrogens is 1. The summed E-state index contributed by atoms with van der Waals surface area (Å²) in [7, 11) is 0. The van der Waals surface area contributed by atoms with Crippen molar-refractivity contribution in [2.24, 2.45) is 0 Å². The van der Waals surface area contributed by atoms with E-state index in [1.165, 1.54) is 0 Å². The summed E-state index contributed by atoms with van der Waals surface area (Å²) in [6.07, 6.45) is 1.01. The van der Waals surface area contributed by atoms with Crippen LogP contribution in [0.1, 0.15) is 12.5 Å². The van der Waals surface area contributed by atoms with Crippen molar-refractivity contribution in [2.75, 3.05) is 31.7 Å². The Bertz CT molecular complexity index is 1330. The van der Waals surface area contributed by atoms with Crippen molar-refractivity contribution >= 4 is 22.7 Å². The largest absolute Gasteiger partial charge is 0.491 e. The molecule has 4 N–H and O–H groups in total. The number of rotatable bonds is 13. The molecule has 0 saturated carbocycles. The Labute approximate surface area is 227 Å². The van der Waals surface area contributed by atoms with Gasteiger partial charge in [-0.1, -0.05) is 30.3 Å². The van der Waals surface area contributed by atoms with Crippen LogP contribution in [0.25, 0.3) is 10.9 Å². The number of aliphatic hydroxyl groups excluding tert-OH is 2. The highest BCUT2D eigenvalue weighted by atomic mass is 16.5. The normalized spacial score (nSPS) is 12.5. The fourth-order valence-corrected chi connectivity index (χ4v) is 3.95. The predicted octanol–water partition coefficient (Wildman–Crippen LogP) is 4.53. The zero-order valence-electron chi connectivity index (χ0n) is 21.7. The van der Waals surface area contributed by atoms with Gasteiger partial charge in [-0.05, 0) is 67.4 Å². The topological polar surface area (TPSA) is 122 Å². The molecule has 0 spiro atoms. The third-order valence-electron chi connectivity index (χ3n) is 5.91. The summed E-state index contributed by atoms with van der Waals surface area (Å²) < 4.78 is 16.6. The Kier molecular flexibility index (Phi) is 10.1. The quantitative estimate of drug-likeness (QED) is 0.199. The Morgan fingerprint density at radius 3 is 2.54 bits per heavy atom. The number of anilines is 1. The van der Waals surface area contributed by atoms with Gasteiger partial charge in [0.25, 0.3) is 0 Å². The molecule has 0 aliphatic rings. The smallest absolute Gasteiger partial charge is 0.411 e. The van der Waals surface area contributed by atoms with E-state index in [1.807, 2.05) is 60.7 Å². The molecule has 1 aromatic heterocycles. The molecule has 2 atom stereocenters. The first-order valence-corrected chi connectivity index (χ1v) is 12.8. The maximum Gasteiger partial charge on any atom is 0.411 e. The van der Waals surface area contributed by atoms with E-state index in [2.05, 4.69) is 15.6 Å². The highest BCUT2D eigenvalue weighted by Crippen LogP contribution is 2.30. The Hall–Kier alpha value is -4.18. The van der Waals surface area contributed by atoms with E-state index in [4.69, 9.17) is 14.2 Å². The molecule has 1 amide bonds. The van der Waals surface area contributed by atoms with Gasteiger partial charge in [0, 0.05) is 29.9 Å². The summed E-state index contributed by atoms with van der Waals surface area (Å²) >= 11 is 0. The van der Waals surface area contributed by atoms with Crippen LogP contribution in [0.4, 0.5) is 10.5 Å². The van der Waals surface area contributed by atoms with Gasteiger partial charge >= 0.3 is 6.09 Å². The second-order valence-electron chi connectivity index (χ2n) is 8.90. The summed E-state index contributed by atoms with van der Waals surface area (Å²) in [5.41, 5.74) is 2.27. The molecule has 3 aromatic carbocycles. The van der Waals surface area contributed by atoms with Crippen LogP contribution in [0, 0.1) is 0 Å². The van der Waals surface area contributed by atoms with Crippen LogP contribution in [-0.2, 0) is 11.2 Å². The number of amides is 1. The fraction of sp³-hybridized carbons (Fsp3) is 0.267. The van der Waals surface area contributed by atoms with Crippen molar-refractivity contribution in [1.29, 1.82) is 0 Å². The van der Waals surface area contributed by atoms with Crippen LogP contribution in [-0.4, -0.2) is 59.8 Å². The van der Waals surface area contributed by atoms with E-state index in [9.17, 15) is 15.0 Å². The van der Waals surface area contributed by atoms with Crippen molar-refractivity contribution in [3.05, 3.63) is 90.6 Å². The molecule has 9 heteroatoms. The van der Waals surface area contributed by atoms with Gasteiger partial charge in [-0.25, -0.2) is 4.79 Å². The third-order valence-corrected chi connectivity index (χ3v) is 5.91. The van der Waals surface area contributed by atoms with E-state index < -0.39 is 12.2 Å². The molecule has 39 heavy (non-hydrogen) atoms. The molecule has 0 unspecified atom stereocenters. The molecule has 4 rings (SSSR count). The number of hydrogen-bond acceptors (Lipinski definition) is 8. The molecule has 0 bridgehead atoms. The standard InChI is InChI=1S/C30H33N3O6/c1-2-37-30(36)33-22-10-13-27-28(17-22)31-15-14-29(27)39-26-11-8-21(9-12-26)16-23(19-34)32-18-24(35)20-38-25-6-4-3-5-7-25/h3-15,17,23-24,32,34-35H,2,16,18-20H2,1H3,(H,33,36)/t23-,24-/m0/s1. The molecule has 204 valence electrons. The number of nitrogens with zero attached hydrogens (tertiary/aromatic N) is 1. The van der Waals surface area contributed by atoms with Crippen LogP contribution < -0.4 is 20.1 Å². The second kappa shape index (κ2) is 14.1. The maximum atomic E-state index is 11.7. The first-order chi connectivity index (χ1) is 19.0. The van der Waals surface area contributed by atoms with Gasteiger partial charge in [0.05, 0.1) is 18.7 Å². The lowest BCUT2D eigenvalue weighted by Gasteiger charge is -2.19. The molecule has 9 nitrogen and oxygen atoms in total. The zero-order chi connectivity index (χ0) is 27.5. The van der Waals surface area contributed by atoms with Gasteiger partial charge in [-0.2, -0.15) is 0 Å². The molecule has 0 fully saturated rings. The predicted molar refractivity (Wildman–Crippen MR) is 149 cm³/mol. The summed E-state index contributed by atoms with van der Waals surface area (Å²) in [6, 6.07) is 23.9. The molecule has 0 aliphatic carbocycles. The van der Waals surface area contributed by atoms with Crippen LogP contribution >= 0.6 is 0 Å². The molecule has 0 aliphatic heterocycles. The fourth-order valence-electron chi connectivity index (χ4n) is 3.95. The minimum absolute atomic E-state index is 0.0689. The van der Waals surface area contributed by atoms with Crippen molar-refractivity contribution in [3.8, 4) is 17.2 Å². The maximum absolute atomic E-state index is 11.7. The summed E-state index contributed by atoms with van der Waals surface area (Å²) in [5, 5.41) is 26.7. The monoisotopic (exact) mass is 531 g/mol. The van der Waals surface area contributed by atoms with E-state index in [0.29, 0.717) is 48.0 Å². The number of para-hydroxylation sites is 1. The minimum Gasteiger partial charge on any atom is -0.491 e. The molecular weight excluding hydrogens is 498 g/mol. The molecule has 1 heterocycles. The van der Waals surface area contributed by atoms with Gasteiger partial charge in [0.15, 0.2) is 0 Å². The van der Waals surface area contributed by atoms with Gasteiger partial charge in [0.1, 0.15) is 30.0 Å². The SMILES string of the molecule is CCOC(=O)Nc1ccc2c(Oc3ccc(C[C@@H](CO)NC[C@H](O)COc4ccccc4)cc3)ccnc2c1. The molecular formula is C30H33N3O6. The lowest BCUT2D eigenvalue weighted by atomic mass is 10.1. The number of nitrogens with one attached hydrogen (secondary N) is 2. The van der Waals surface area contributed by atoms with Crippen molar-refractivity contribution in [1.82, 2.24) is 10.3 Å². The number of aliphatic hydroxyl groups is 2. The minimum atomic E-state index is -0.706. The van der Waals surface area contributed by atoms with E-state index in [1.54, 1.807) is 31.3 Å². The zero-order valence-corrected chi connectivity index (χ0v) is 21.7. The first-order valence-electron chi connectivity index (χ1n) is 12.8. The highest BCUT2D eigenvalue weighted by Gasteiger charge is 2.13. The van der Waals surface area contributed by atoms with Gasteiger partial charge < -0.3 is 29.7 Å². The molecule has 0 radical (unpaired) electrons. The number of ether oxygens (including phenoxy) is 3. The van der Waals surface area contributed by atoms with Crippen molar-refractivity contribution in [3.63, 3.8) is 0 Å². The number of benzene rings is 3. The Morgan fingerprint density at radius 1 is 1.00 bits per heavy atom. The van der Waals surface area contributed by atoms with Gasteiger partial charge in [0.2, 0.25) is 0 Å². The number of hydrogen-bond donors (Lipinski definition) is 4. The number of fused-ring (bicyclic) bond motifs is 1. The van der Waals surface area contributed by atoms with E-state index in [-0.39, 0.29) is 19.3 Å². The average molecular weight is 532 g/mol. The third kappa shape index (κ3) is 8.41. The number of carbonyl (C=O) groups is 1. The van der Waals surface area contributed by atoms with Crippen LogP contribution in [0.5, 0.6) is 17.2 Å². The highest BCUT2D eigenvalue weighted by molar-refractivity contribution is 5.92. The van der Waals surface area contributed by atoms with Crippen molar-refractivity contribution < 1.29 is 29.2 Å². The van der Waals surface area contributed by atoms with Gasteiger partial charge in [-0.15, -0.1) is 0 Å². The van der Waals surface area contributed by atoms with Gasteiger partial charge in [-0.3, -0.25) is 10.3 Å². The molecule has 0 saturated heterocycles. The van der Waals surface area contributed by atoms with E-state index >= 15 is 0 Å². The van der Waals surface area contributed by atoms with Crippen molar-refractivity contribution in [2.45, 2.75) is 25.5 Å². The van der Waals surface area contributed by atoms with Crippen LogP contribution in [0.3, 0.4) is 0 Å². The van der Waals surface area contributed by atoms with Crippen LogP contribution in [0.15, 0.2) is 85.1 Å².